The molecule has 0 radical (unpaired) electrons. The molecule has 0 bridgehead atoms. The van der Waals surface area contributed by atoms with Crippen LogP contribution in [0, 0.1) is 5.92 Å². The van der Waals surface area contributed by atoms with Gasteiger partial charge in [0.2, 0.25) is 5.91 Å². The van der Waals surface area contributed by atoms with E-state index in [1.807, 2.05) is 11.4 Å². The van der Waals surface area contributed by atoms with Gasteiger partial charge in [0, 0.05) is 36.9 Å². The Morgan fingerprint density at radius 1 is 1.03 bits per heavy atom. The fourth-order valence-corrected chi connectivity index (χ4v) is 5.00. The number of hydrogen-bond acceptors (Lipinski definition) is 5. The second-order valence-electron chi connectivity index (χ2n) is 8.13. The van der Waals surface area contributed by atoms with Gasteiger partial charge in [0.25, 0.3) is 5.91 Å². The molecule has 10 heteroatoms. The van der Waals surface area contributed by atoms with Gasteiger partial charge >= 0.3 is 6.03 Å². The van der Waals surface area contributed by atoms with Crippen molar-refractivity contribution < 1.29 is 19.1 Å². The summed E-state index contributed by atoms with van der Waals surface area (Å²) in [5.74, 6) is -0.373. The highest BCUT2D eigenvalue weighted by Crippen LogP contribution is 2.24. The fraction of sp³-hybridized carbons (Fsp3) is 0.435. The smallest absolute Gasteiger partial charge is 0.321 e. The summed E-state index contributed by atoms with van der Waals surface area (Å²) in [6.07, 6.45) is 1.24. The van der Waals surface area contributed by atoms with E-state index in [1.165, 1.54) is 11.3 Å². The number of carbonyl (C=O) groups excluding carboxylic acids is 3. The zero-order chi connectivity index (χ0) is 23.2. The molecule has 2 fully saturated rings. The Hall–Kier alpha value is -2.62. The van der Waals surface area contributed by atoms with E-state index >= 15 is 0 Å². The molecule has 1 unspecified atom stereocenters. The highest BCUT2D eigenvalue weighted by molar-refractivity contribution is 7.12. The van der Waals surface area contributed by atoms with Crippen LogP contribution in [0.15, 0.2) is 41.8 Å². The van der Waals surface area contributed by atoms with Crippen LogP contribution >= 0.6 is 22.9 Å². The zero-order valence-corrected chi connectivity index (χ0v) is 19.7. The molecule has 3 heterocycles. The second-order valence-corrected chi connectivity index (χ2v) is 9.52. The van der Waals surface area contributed by atoms with Gasteiger partial charge in [-0.15, -0.1) is 11.3 Å². The quantitative estimate of drug-likeness (QED) is 0.672. The summed E-state index contributed by atoms with van der Waals surface area (Å²) >= 11 is 7.34. The first-order chi connectivity index (χ1) is 16.0. The number of carbonyl (C=O) groups is 3. The topological polar surface area (TPSA) is 91.0 Å². The average Bonchev–Trinajstić information content (AvgIpc) is 3.38. The van der Waals surface area contributed by atoms with Crippen molar-refractivity contribution in [2.24, 2.45) is 5.92 Å². The minimum absolute atomic E-state index is 0.0560. The lowest BCUT2D eigenvalue weighted by molar-refractivity contribution is -0.139. The van der Waals surface area contributed by atoms with E-state index in [-0.39, 0.29) is 23.8 Å². The number of halogens is 1. The van der Waals surface area contributed by atoms with Gasteiger partial charge in [-0.25, -0.2) is 4.79 Å². The lowest BCUT2D eigenvalue weighted by Crippen LogP contribution is -2.56. The molecule has 2 aromatic rings. The van der Waals surface area contributed by atoms with Crippen LogP contribution in [0.1, 0.15) is 22.5 Å². The van der Waals surface area contributed by atoms with Crippen LogP contribution in [0.2, 0.25) is 5.02 Å². The van der Waals surface area contributed by atoms with E-state index in [0.717, 1.165) is 0 Å². The van der Waals surface area contributed by atoms with Crippen molar-refractivity contribution in [3.05, 3.63) is 51.7 Å². The summed E-state index contributed by atoms with van der Waals surface area (Å²) in [6, 6.07) is 9.75. The van der Waals surface area contributed by atoms with E-state index < -0.39 is 6.04 Å². The van der Waals surface area contributed by atoms with Crippen molar-refractivity contribution in [1.29, 1.82) is 0 Å². The molecule has 0 saturated carbocycles. The lowest BCUT2D eigenvalue weighted by atomic mass is 9.88. The standard InChI is InChI=1S/C23H27ClN4O4S/c24-17-3-1-4-18(15-17)25-23(31)28-8-6-16(7-9-28)20(22(30)27-10-12-32-13-11-27)26-21(29)19-5-2-14-33-19/h1-5,14-16,20H,6-13H2,(H,25,31)(H,26,29). The van der Waals surface area contributed by atoms with Gasteiger partial charge in [-0.2, -0.15) is 0 Å². The molecule has 4 amide bonds. The molecule has 0 spiro atoms. The third-order valence-corrected chi connectivity index (χ3v) is 7.10. The highest BCUT2D eigenvalue weighted by Gasteiger charge is 2.36. The maximum Gasteiger partial charge on any atom is 0.321 e. The van der Waals surface area contributed by atoms with Gasteiger partial charge in [-0.1, -0.05) is 23.7 Å². The number of benzene rings is 1. The van der Waals surface area contributed by atoms with Crippen molar-refractivity contribution in [2.75, 3.05) is 44.7 Å². The second kappa shape index (κ2) is 11.0. The Morgan fingerprint density at radius 3 is 2.45 bits per heavy atom. The molecule has 1 aromatic heterocycles. The van der Waals surface area contributed by atoms with Crippen LogP contribution in [-0.4, -0.2) is 73.1 Å². The molecular formula is C23H27ClN4O4S. The van der Waals surface area contributed by atoms with Crippen molar-refractivity contribution in [3.8, 4) is 0 Å². The van der Waals surface area contributed by atoms with E-state index in [9.17, 15) is 14.4 Å². The number of hydrogen-bond donors (Lipinski definition) is 2. The van der Waals surface area contributed by atoms with E-state index in [4.69, 9.17) is 16.3 Å². The molecule has 2 aliphatic heterocycles. The summed E-state index contributed by atoms with van der Waals surface area (Å²) in [5, 5.41) is 8.24. The maximum absolute atomic E-state index is 13.3. The molecule has 1 aromatic carbocycles. The largest absolute Gasteiger partial charge is 0.378 e. The van der Waals surface area contributed by atoms with Gasteiger partial charge in [0.05, 0.1) is 18.1 Å². The maximum atomic E-state index is 13.3. The van der Waals surface area contributed by atoms with Crippen LogP contribution in [0.5, 0.6) is 0 Å². The average molecular weight is 491 g/mol. The predicted octanol–water partition coefficient (Wildman–Crippen LogP) is 3.30. The molecule has 2 N–H and O–H groups in total. The Balaban J connectivity index is 1.40. The predicted molar refractivity (Wildman–Crippen MR) is 128 cm³/mol. The number of nitrogens with one attached hydrogen (secondary N) is 2. The number of ether oxygens (including phenoxy) is 1. The molecule has 8 nitrogen and oxygen atoms in total. The first kappa shape index (κ1) is 23.5. The number of urea groups is 1. The monoisotopic (exact) mass is 490 g/mol. The Bertz CT molecular complexity index is 973. The van der Waals surface area contributed by atoms with Gasteiger partial charge in [-0.05, 0) is 48.4 Å². The summed E-state index contributed by atoms with van der Waals surface area (Å²) in [7, 11) is 0. The van der Waals surface area contributed by atoms with Crippen molar-refractivity contribution in [2.45, 2.75) is 18.9 Å². The van der Waals surface area contributed by atoms with Crippen LogP contribution in [0.3, 0.4) is 0 Å². The molecule has 4 rings (SSSR count). The summed E-state index contributed by atoms with van der Waals surface area (Å²) in [5.41, 5.74) is 0.637. The number of nitrogens with zero attached hydrogens (tertiary/aromatic N) is 2. The summed E-state index contributed by atoms with van der Waals surface area (Å²) in [4.78, 5) is 42.9. The van der Waals surface area contributed by atoms with Crippen LogP contribution < -0.4 is 10.6 Å². The van der Waals surface area contributed by atoms with Crippen molar-refractivity contribution in [3.63, 3.8) is 0 Å². The SMILES string of the molecule is O=C(NC(C(=O)N1CCOCC1)C1CCN(C(=O)Nc2cccc(Cl)c2)CC1)c1cccs1. The number of morpholine rings is 1. The third-order valence-electron chi connectivity index (χ3n) is 5.99. The molecular weight excluding hydrogens is 464 g/mol. The molecule has 0 aliphatic carbocycles. The molecule has 176 valence electrons. The third kappa shape index (κ3) is 6.04. The molecule has 1 atom stereocenters. The first-order valence-corrected chi connectivity index (χ1v) is 12.3. The number of thiophene rings is 1. The van der Waals surface area contributed by atoms with Crippen LogP contribution in [0.4, 0.5) is 10.5 Å². The fourth-order valence-electron chi connectivity index (χ4n) is 4.19. The number of amides is 4. The Labute approximate surface area is 201 Å². The van der Waals surface area contributed by atoms with Gasteiger partial charge in [-0.3, -0.25) is 9.59 Å². The Kier molecular flexibility index (Phi) is 7.85. The normalized spacial score (nSPS) is 18.0. The molecule has 2 saturated heterocycles. The highest BCUT2D eigenvalue weighted by atomic mass is 35.5. The molecule has 2 aliphatic rings. The number of anilines is 1. The van der Waals surface area contributed by atoms with Crippen molar-refractivity contribution in [1.82, 2.24) is 15.1 Å². The van der Waals surface area contributed by atoms with Crippen molar-refractivity contribution >= 4 is 46.5 Å². The van der Waals surface area contributed by atoms with Gasteiger partial charge in [0.15, 0.2) is 0 Å². The Morgan fingerprint density at radius 2 is 1.79 bits per heavy atom. The van der Waals surface area contributed by atoms with Crippen LogP contribution in [0.25, 0.3) is 0 Å². The number of piperidine rings is 1. The number of likely N-dealkylation sites (tertiary alicyclic amines) is 1. The number of rotatable bonds is 5. The van der Waals surface area contributed by atoms with Crippen LogP contribution in [-0.2, 0) is 9.53 Å². The van der Waals surface area contributed by atoms with E-state index in [1.54, 1.807) is 40.1 Å². The van der Waals surface area contributed by atoms with E-state index in [2.05, 4.69) is 10.6 Å². The van der Waals surface area contributed by atoms with Gasteiger partial charge in [0.1, 0.15) is 6.04 Å². The first-order valence-electron chi connectivity index (χ1n) is 11.0. The zero-order valence-electron chi connectivity index (χ0n) is 18.2. The van der Waals surface area contributed by atoms with Gasteiger partial charge < -0.3 is 25.2 Å². The van der Waals surface area contributed by atoms with E-state index in [0.29, 0.717) is 67.8 Å². The minimum Gasteiger partial charge on any atom is -0.378 e. The molecule has 33 heavy (non-hydrogen) atoms. The summed E-state index contributed by atoms with van der Waals surface area (Å²) < 4.78 is 5.37. The minimum atomic E-state index is -0.629. The summed E-state index contributed by atoms with van der Waals surface area (Å²) in [6.45, 7) is 3.03. The lowest BCUT2D eigenvalue weighted by Gasteiger charge is -2.38.